The van der Waals surface area contributed by atoms with Crippen molar-refractivity contribution in [3.8, 4) is 0 Å². The van der Waals surface area contributed by atoms with Gasteiger partial charge in [0, 0.05) is 6.42 Å². The fourth-order valence-corrected chi connectivity index (χ4v) is 4.08. The number of carboxylic acids is 1. The second-order valence-corrected chi connectivity index (χ2v) is 9.09. The van der Waals surface area contributed by atoms with Gasteiger partial charge in [-0.05, 0) is 19.3 Å². The molecule has 2 N–H and O–H groups in total. The monoisotopic (exact) mass is 412 g/mol. The lowest BCUT2D eigenvalue weighted by atomic mass is 10.0. The lowest BCUT2D eigenvalue weighted by molar-refractivity contribution is -0.137. The summed E-state index contributed by atoms with van der Waals surface area (Å²) >= 11 is 0. The number of aliphatic carboxylic acids is 1. The highest BCUT2D eigenvalue weighted by atomic mass is 16.4. The normalized spacial score (nSPS) is 12.3. The zero-order chi connectivity index (χ0) is 21.4. The summed E-state index contributed by atoms with van der Waals surface area (Å²) in [5.74, 6) is -0.661. The Balaban J connectivity index is 3.11. The Morgan fingerprint density at radius 2 is 0.862 bits per heavy atom. The highest BCUT2D eigenvalue weighted by Crippen LogP contribution is 2.16. The van der Waals surface area contributed by atoms with Crippen LogP contribution in [0, 0.1) is 0 Å². The van der Waals surface area contributed by atoms with Crippen molar-refractivity contribution in [1.29, 1.82) is 0 Å². The Morgan fingerprint density at radius 1 is 0.552 bits per heavy atom. The third kappa shape index (κ3) is 25.4. The van der Waals surface area contributed by atoms with E-state index in [0.29, 0.717) is 6.42 Å². The molecule has 3 nitrogen and oxygen atoms in total. The van der Waals surface area contributed by atoms with E-state index in [1.807, 2.05) is 0 Å². The van der Waals surface area contributed by atoms with Crippen molar-refractivity contribution in [1.82, 2.24) is 0 Å². The van der Waals surface area contributed by atoms with Gasteiger partial charge in [-0.15, -0.1) is 0 Å². The van der Waals surface area contributed by atoms with Crippen molar-refractivity contribution in [2.45, 2.75) is 161 Å². The summed E-state index contributed by atoms with van der Waals surface area (Å²) in [6.45, 7) is 2.25. The van der Waals surface area contributed by atoms with Crippen LogP contribution in [0.15, 0.2) is 0 Å². The minimum Gasteiger partial charge on any atom is -0.481 e. The van der Waals surface area contributed by atoms with Gasteiger partial charge in [-0.1, -0.05) is 129 Å². The van der Waals surface area contributed by atoms with Gasteiger partial charge in [0.2, 0.25) is 0 Å². The van der Waals surface area contributed by atoms with Gasteiger partial charge in [0.05, 0.1) is 6.10 Å². The van der Waals surface area contributed by atoms with Gasteiger partial charge in [-0.2, -0.15) is 0 Å². The Bertz CT molecular complexity index is 330. The van der Waals surface area contributed by atoms with Gasteiger partial charge in [-0.25, -0.2) is 0 Å². The van der Waals surface area contributed by atoms with E-state index in [0.717, 1.165) is 25.7 Å². The van der Waals surface area contributed by atoms with Gasteiger partial charge >= 0.3 is 5.97 Å². The largest absolute Gasteiger partial charge is 0.481 e. The Hall–Kier alpha value is -0.570. The van der Waals surface area contributed by atoms with Crippen LogP contribution in [0.5, 0.6) is 0 Å². The number of rotatable bonds is 24. The van der Waals surface area contributed by atoms with E-state index in [4.69, 9.17) is 5.11 Å². The van der Waals surface area contributed by atoms with E-state index in [-0.39, 0.29) is 6.10 Å². The molecule has 0 aliphatic rings. The Morgan fingerprint density at radius 3 is 1.21 bits per heavy atom. The van der Waals surface area contributed by atoms with Crippen molar-refractivity contribution in [3.05, 3.63) is 0 Å². The molecule has 0 spiro atoms. The van der Waals surface area contributed by atoms with E-state index in [9.17, 15) is 9.90 Å². The maximum atomic E-state index is 10.4. The highest BCUT2D eigenvalue weighted by Gasteiger charge is 2.03. The maximum absolute atomic E-state index is 10.4. The van der Waals surface area contributed by atoms with Crippen LogP contribution in [0.3, 0.4) is 0 Å². The predicted octanol–water partition coefficient (Wildman–Crippen LogP) is 8.42. The first-order valence-electron chi connectivity index (χ1n) is 13.1. The molecule has 0 aromatic carbocycles. The average molecular weight is 413 g/mol. The van der Waals surface area contributed by atoms with Crippen LogP contribution in [-0.2, 0) is 4.79 Å². The van der Waals surface area contributed by atoms with Crippen LogP contribution in [0.4, 0.5) is 0 Å². The van der Waals surface area contributed by atoms with Crippen LogP contribution < -0.4 is 0 Å². The number of hydrogen-bond donors (Lipinski definition) is 2. The summed E-state index contributed by atoms with van der Waals surface area (Å²) in [6.07, 6.45) is 27.8. The van der Waals surface area contributed by atoms with Gasteiger partial charge in [0.25, 0.3) is 0 Å². The zero-order valence-corrected chi connectivity index (χ0v) is 19.6. The van der Waals surface area contributed by atoms with Gasteiger partial charge < -0.3 is 10.2 Å². The molecule has 0 radical (unpaired) electrons. The second kappa shape index (κ2) is 23.7. The molecule has 1 atom stereocenters. The number of carboxylic acid groups (broad SMARTS) is 1. The Kier molecular flexibility index (Phi) is 23.2. The number of aliphatic hydroxyl groups excluding tert-OH is 1. The molecule has 1 unspecified atom stereocenters. The first-order valence-corrected chi connectivity index (χ1v) is 13.1. The fourth-order valence-electron chi connectivity index (χ4n) is 4.08. The quantitative estimate of drug-likeness (QED) is 0.156. The average Bonchev–Trinajstić information content (AvgIpc) is 2.70. The molecular formula is C26H52O3. The third-order valence-electron chi connectivity index (χ3n) is 6.07. The van der Waals surface area contributed by atoms with E-state index in [2.05, 4.69) is 6.92 Å². The topological polar surface area (TPSA) is 57.5 Å². The van der Waals surface area contributed by atoms with Crippen LogP contribution in [0.1, 0.15) is 155 Å². The molecule has 0 aromatic rings. The van der Waals surface area contributed by atoms with Crippen molar-refractivity contribution < 1.29 is 15.0 Å². The number of hydrogen-bond acceptors (Lipinski definition) is 2. The summed E-state index contributed by atoms with van der Waals surface area (Å²) in [5.41, 5.74) is 0. The molecule has 0 saturated heterocycles. The summed E-state index contributed by atoms with van der Waals surface area (Å²) in [7, 11) is 0. The summed E-state index contributed by atoms with van der Waals surface area (Å²) in [5, 5.41) is 18.6. The standard InChI is InChI=1S/C26H52O3/c1-2-3-4-5-16-19-22-25(27)23-20-17-14-12-10-8-6-7-9-11-13-15-18-21-24-26(28)29/h25,27H,2-24H2,1H3,(H,28,29). The molecule has 0 aliphatic carbocycles. The van der Waals surface area contributed by atoms with Crippen LogP contribution in [0.25, 0.3) is 0 Å². The second-order valence-electron chi connectivity index (χ2n) is 9.09. The third-order valence-corrected chi connectivity index (χ3v) is 6.07. The van der Waals surface area contributed by atoms with Gasteiger partial charge in [0.15, 0.2) is 0 Å². The maximum Gasteiger partial charge on any atom is 0.303 e. The van der Waals surface area contributed by atoms with Crippen LogP contribution in [-0.4, -0.2) is 22.3 Å². The molecular weight excluding hydrogens is 360 g/mol. The zero-order valence-electron chi connectivity index (χ0n) is 19.6. The molecule has 29 heavy (non-hydrogen) atoms. The molecule has 0 amide bonds. The predicted molar refractivity (Wildman–Crippen MR) is 126 cm³/mol. The van der Waals surface area contributed by atoms with Crippen LogP contribution >= 0.6 is 0 Å². The SMILES string of the molecule is CCCCCCCCC(O)CCCCCCCCCCCCCCCCC(=O)O. The molecule has 3 heteroatoms. The molecule has 0 aliphatic heterocycles. The molecule has 0 fully saturated rings. The first kappa shape index (κ1) is 28.4. The summed E-state index contributed by atoms with van der Waals surface area (Å²) in [4.78, 5) is 10.4. The minimum atomic E-state index is -0.661. The van der Waals surface area contributed by atoms with E-state index < -0.39 is 5.97 Å². The summed E-state index contributed by atoms with van der Waals surface area (Å²) in [6, 6.07) is 0. The van der Waals surface area contributed by atoms with Crippen molar-refractivity contribution in [2.75, 3.05) is 0 Å². The number of carbonyl (C=O) groups is 1. The Labute approximate surface area is 182 Å². The lowest BCUT2D eigenvalue weighted by Crippen LogP contribution is -2.05. The van der Waals surface area contributed by atoms with Gasteiger partial charge in [0.1, 0.15) is 0 Å². The van der Waals surface area contributed by atoms with E-state index in [1.54, 1.807) is 0 Å². The smallest absolute Gasteiger partial charge is 0.303 e. The van der Waals surface area contributed by atoms with E-state index in [1.165, 1.54) is 116 Å². The van der Waals surface area contributed by atoms with E-state index >= 15 is 0 Å². The highest BCUT2D eigenvalue weighted by molar-refractivity contribution is 5.66. The van der Waals surface area contributed by atoms with Crippen molar-refractivity contribution >= 4 is 5.97 Å². The first-order chi connectivity index (χ1) is 14.2. The molecule has 0 rings (SSSR count). The number of unbranched alkanes of at least 4 members (excludes halogenated alkanes) is 18. The lowest BCUT2D eigenvalue weighted by Gasteiger charge is -2.10. The van der Waals surface area contributed by atoms with Crippen molar-refractivity contribution in [2.24, 2.45) is 0 Å². The molecule has 0 saturated carbocycles. The number of aliphatic hydroxyl groups is 1. The van der Waals surface area contributed by atoms with Crippen molar-refractivity contribution in [3.63, 3.8) is 0 Å². The fraction of sp³-hybridized carbons (Fsp3) is 0.962. The summed E-state index contributed by atoms with van der Waals surface area (Å²) < 4.78 is 0. The van der Waals surface area contributed by atoms with Crippen LogP contribution in [0.2, 0.25) is 0 Å². The molecule has 0 aromatic heterocycles. The minimum absolute atomic E-state index is 0.0571. The van der Waals surface area contributed by atoms with Gasteiger partial charge in [-0.3, -0.25) is 4.79 Å². The molecule has 174 valence electrons. The molecule has 0 heterocycles. The molecule has 0 bridgehead atoms.